The van der Waals surface area contributed by atoms with E-state index in [9.17, 15) is 4.39 Å². The first-order valence-corrected chi connectivity index (χ1v) is 6.90. The molecule has 6 heteroatoms. The third-order valence-electron chi connectivity index (χ3n) is 3.51. The van der Waals surface area contributed by atoms with E-state index >= 15 is 0 Å². The Morgan fingerprint density at radius 2 is 2.24 bits per heavy atom. The van der Waals surface area contributed by atoms with Gasteiger partial charge in [0.25, 0.3) is 0 Å². The van der Waals surface area contributed by atoms with Gasteiger partial charge in [0.1, 0.15) is 0 Å². The lowest BCUT2D eigenvalue weighted by Crippen LogP contribution is -2.30. The van der Waals surface area contributed by atoms with Gasteiger partial charge in [-0.2, -0.15) is 5.10 Å². The van der Waals surface area contributed by atoms with Crippen LogP contribution < -0.4 is 16.0 Å². The average Bonchev–Trinajstić information content (AvgIpc) is 2.86. The van der Waals surface area contributed by atoms with E-state index in [-0.39, 0.29) is 17.6 Å². The SMILES string of the molecule is CCc1nn(C)cc1C(Cc1ccc(OC)c(F)c1)NN. The standard InChI is InChI=1S/C15H21FN4O/c1-4-13-11(9-20(2)19-13)14(18-17)8-10-5-6-15(21-3)12(16)7-10/h5-7,9,14,18H,4,8,17H2,1-3H3. The van der Waals surface area contributed by atoms with Crippen LogP contribution >= 0.6 is 0 Å². The van der Waals surface area contributed by atoms with Crippen LogP contribution in [0.4, 0.5) is 4.39 Å². The summed E-state index contributed by atoms with van der Waals surface area (Å²) >= 11 is 0. The number of nitrogens with zero attached hydrogens (tertiary/aromatic N) is 2. The molecular weight excluding hydrogens is 271 g/mol. The first-order valence-electron chi connectivity index (χ1n) is 6.90. The van der Waals surface area contributed by atoms with Gasteiger partial charge in [0, 0.05) is 18.8 Å². The molecule has 1 aromatic heterocycles. The van der Waals surface area contributed by atoms with E-state index in [1.807, 2.05) is 26.2 Å². The van der Waals surface area contributed by atoms with Gasteiger partial charge in [0.05, 0.1) is 18.8 Å². The molecule has 3 N–H and O–H groups in total. The quantitative estimate of drug-likeness (QED) is 0.630. The summed E-state index contributed by atoms with van der Waals surface area (Å²) in [6.07, 6.45) is 3.35. The highest BCUT2D eigenvalue weighted by Crippen LogP contribution is 2.24. The Bertz CT molecular complexity index is 612. The van der Waals surface area contributed by atoms with Crippen molar-refractivity contribution in [3.8, 4) is 5.75 Å². The molecule has 0 aliphatic heterocycles. The minimum Gasteiger partial charge on any atom is -0.494 e. The summed E-state index contributed by atoms with van der Waals surface area (Å²) in [6, 6.07) is 4.84. The Balaban J connectivity index is 2.24. The molecule has 0 amide bonds. The minimum atomic E-state index is -0.368. The highest BCUT2D eigenvalue weighted by Gasteiger charge is 2.18. The first kappa shape index (κ1) is 15.5. The third-order valence-corrected chi connectivity index (χ3v) is 3.51. The van der Waals surface area contributed by atoms with Gasteiger partial charge in [-0.1, -0.05) is 13.0 Å². The second-order valence-corrected chi connectivity index (χ2v) is 4.95. The first-order chi connectivity index (χ1) is 10.1. The minimum absolute atomic E-state index is 0.110. The van der Waals surface area contributed by atoms with Crippen molar-refractivity contribution < 1.29 is 9.13 Å². The van der Waals surface area contributed by atoms with E-state index in [4.69, 9.17) is 10.6 Å². The fourth-order valence-corrected chi connectivity index (χ4v) is 2.45. The van der Waals surface area contributed by atoms with Crippen LogP contribution in [0, 0.1) is 5.82 Å². The maximum absolute atomic E-state index is 13.8. The van der Waals surface area contributed by atoms with Gasteiger partial charge in [-0.3, -0.25) is 16.0 Å². The molecule has 0 radical (unpaired) electrons. The van der Waals surface area contributed by atoms with E-state index in [1.165, 1.54) is 13.2 Å². The normalized spacial score (nSPS) is 12.4. The molecule has 5 nitrogen and oxygen atoms in total. The summed E-state index contributed by atoms with van der Waals surface area (Å²) in [5, 5.41) is 4.41. The zero-order valence-corrected chi connectivity index (χ0v) is 12.6. The van der Waals surface area contributed by atoms with Crippen LogP contribution in [0.15, 0.2) is 24.4 Å². The molecule has 1 aromatic carbocycles. The van der Waals surface area contributed by atoms with Gasteiger partial charge in [-0.25, -0.2) is 4.39 Å². The maximum atomic E-state index is 13.8. The molecule has 0 spiro atoms. The molecule has 2 rings (SSSR count). The Labute approximate surface area is 123 Å². The van der Waals surface area contributed by atoms with Crippen molar-refractivity contribution in [1.82, 2.24) is 15.2 Å². The van der Waals surface area contributed by atoms with Crippen molar-refractivity contribution in [2.45, 2.75) is 25.8 Å². The number of hydrogen-bond donors (Lipinski definition) is 2. The van der Waals surface area contributed by atoms with E-state index < -0.39 is 0 Å². The Hall–Kier alpha value is -1.92. The number of halogens is 1. The number of hydrazine groups is 1. The Kier molecular flexibility index (Phi) is 4.93. The molecule has 1 unspecified atom stereocenters. The number of ether oxygens (including phenoxy) is 1. The number of nitrogens with one attached hydrogen (secondary N) is 1. The summed E-state index contributed by atoms with van der Waals surface area (Å²) in [5.74, 6) is 5.55. The summed E-state index contributed by atoms with van der Waals surface area (Å²) in [5.41, 5.74) is 5.68. The van der Waals surface area contributed by atoms with E-state index in [1.54, 1.807) is 10.7 Å². The van der Waals surface area contributed by atoms with Gasteiger partial charge in [-0.05, 0) is 30.5 Å². The number of aromatic nitrogens is 2. The van der Waals surface area contributed by atoms with Crippen LogP contribution in [-0.2, 0) is 19.9 Å². The van der Waals surface area contributed by atoms with Crippen LogP contribution in [0.25, 0.3) is 0 Å². The molecule has 114 valence electrons. The fraction of sp³-hybridized carbons (Fsp3) is 0.400. The Morgan fingerprint density at radius 3 is 2.81 bits per heavy atom. The summed E-state index contributed by atoms with van der Waals surface area (Å²) in [6.45, 7) is 2.05. The molecule has 0 aliphatic carbocycles. The predicted molar refractivity (Wildman–Crippen MR) is 79.3 cm³/mol. The Morgan fingerprint density at radius 1 is 1.48 bits per heavy atom. The molecule has 21 heavy (non-hydrogen) atoms. The molecule has 1 heterocycles. The molecular formula is C15H21FN4O. The highest BCUT2D eigenvalue weighted by atomic mass is 19.1. The fourth-order valence-electron chi connectivity index (χ4n) is 2.45. The smallest absolute Gasteiger partial charge is 0.165 e. The van der Waals surface area contributed by atoms with Gasteiger partial charge < -0.3 is 4.74 Å². The lowest BCUT2D eigenvalue weighted by molar-refractivity contribution is 0.386. The number of nitrogens with two attached hydrogens (primary N) is 1. The third kappa shape index (κ3) is 3.40. The molecule has 0 saturated heterocycles. The number of methoxy groups -OCH3 is 1. The van der Waals surface area contributed by atoms with Crippen LogP contribution in [-0.4, -0.2) is 16.9 Å². The van der Waals surface area contributed by atoms with E-state index in [0.717, 1.165) is 23.2 Å². The maximum Gasteiger partial charge on any atom is 0.165 e. The number of benzene rings is 1. The van der Waals surface area contributed by atoms with Gasteiger partial charge in [0.2, 0.25) is 0 Å². The molecule has 0 bridgehead atoms. The van der Waals surface area contributed by atoms with E-state index in [2.05, 4.69) is 10.5 Å². The lowest BCUT2D eigenvalue weighted by Gasteiger charge is -2.16. The largest absolute Gasteiger partial charge is 0.494 e. The zero-order valence-electron chi connectivity index (χ0n) is 12.6. The van der Waals surface area contributed by atoms with Gasteiger partial charge >= 0.3 is 0 Å². The monoisotopic (exact) mass is 292 g/mol. The summed E-state index contributed by atoms with van der Waals surface area (Å²) in [7, 11) is 3.33. The van der Waals surface area contributed by atoms with Crippen molar-refractivity contribution >= 4 is 0 Å². The van der Waals surface area contributed by atoms with Crippen LogP contribution in [0.5, 0.6) is 5.75 Å². The van der Waals surface area contributed by atoms with Crippen molar-refractivity contribution in [2.75, 3.05) is 7.11 Å². The van der Waals surface area contributed by atoms with Crippen LogP contribution in [0.3, 0.4) is 0 Å². The highest BCUT2D eigenvalue weighted by molar-refractivity contribution is 5.31. The topological polar surface area (TPSA) is 65.1 Å². The number of aryl methyl sites for hydroxylation is 2. The van der Waals surface area contributed by atoms with Crippen molar-refractivity contribution in [3.63, 3.8) is 0 Å². The number of rotatable bonds is 6. The molecule has 0 fully saturated rings. The van der Waals surface area contributed by atoms with Gasteiger partial charge in [0.15, 0.2) is 11.6 Å². The van der Waals surface area contributed by atoms with E-state index in [0.29, 0.717) is 6.42 Å². The lowest BCUT2D eigenvalue weighted by atomic mass is 9.99. The predicted octanol–water partition coefficient (Wildman–Crippen LogP) is 1.88. The van der Waals surface area contributed by atoms with Crippen molar-refractivity contribution in [2.24, 2.45) is 12.9 Å². The average molecular weight is 292 g/mol. The molecule has 0 aliphatic rings. The summed E-state index contributed by atoms with van der Waals surface area (Å²) in [4.78, 5) is 0. The second kappa shape index (κ2) is 6.69. The molecule has 1 atom stereocenters. The second-order valence-electron chi connectivity index (χ2n) is 4.95. The number of hydrogen-bond acceptors (Lipinski definition) is 4. The van der Waals surface area contributed by atoms with Crippen LogP contribution in [0.1, 0.15) is 29.8 Å². The van der Waals surface area contributed by atoms with Crippen molar-refractivity contribution in [3.05, 3.63) is 47.0 Å². The molecule has 2 aromatic rings. The zero-order chi connectivity index (χ0) is 15.4. The van der Waals surface area contributed by atoms with Gasteiger partial charge in [-0.15, -0.1) is 0 Å². The van der Waals surface area contributed by atoms with Crippen molar-refractivity contribution in [1.29, 1.82) is 0 Å². The summed E-state index contributed by atoms with van der Waals surface area (Å²) < 4.78 is 20.5. The van der Waals surface area contributed by atoms with Crippen LogP contribution in [0.2, 0.25) is 0 Å². The molecule has 0 saturated carbocycles.